The molecule has 0 fully saturated rings. The average molecular weight is 259 g/mol. The van der Waals surface area contributed by atoms with Crippen molar-refractivity contribution in [2.75, 3.05) is 20.3 Å². The third-order valence-electron chi connectivity index (χ3n) is 2.08. The van der Waals surface area contributed by atoms with Crippen LogP contribution in [0, 0.1) is 0 Å². The Hall–Kier alpha value is -1.46. The van der Waals surface area contributed by atoms with Gasteiger partial charge < -0.3 is 20.9 Å². The van der Waals surface area contributed by atoms with Crippen LogP contribution >= 0.6 is 11.6 Å². The lowest BCUT2D eigenvalue weighted by Gasteiger charge is -2.13. The topological polar surface area (TPSA) is 87.6 Å². The highest BCUT2D eigenvalue weighted by molar-refractivity contribution is 6.32. The van der Waals surface area contributed by atoms with Crippen LogP contribution in [0.2, 0.25) is 5.02 Å². The Labute approximate surface area is 105 Å². The Morgan fingerprint density at radius 1 is 1.47 bits per heavy atom. The fourth-order valence-electron chi connectivity index (χ4n) is 1.37. The van der Waals surface area contributed by atoms with Crippen molar-refractivity contribution < 1.29 is 14.3 Å². The second-order valence-corrected chi connectivity index (χ2v) is 3.81. The molecule has 1 amide bonds. The molecule has 0 saturated carbocycles. The summed E-state index contributed by atoms with van der Waals surface area (Å²) in [5.74, 6) is 0.199. The number of amides is 1. The van der Waals surface area contributed by atoms with E-state index in [1.807, 2.05) is 0 Å². The molecule has 0 unspecified atom stereocenters. The summed E-state index contributed by atoms with van der Waals surface area (Å²) in [5, 5.41) is 0.369. The number of nitrogens with two attached hydrogens (primary N) is 2. The summed E-state index contributed by atoms with van der Waals surface area (Å²) in [7, 11) is 1.50. The van der Waals surface area contributed by atoms with Gasteiger partial charge in [0.05, 0.1) is 12.1 Å². The van der Waals surface area contributed by atoms with Gasteiger partial charge >= 0.3 is 0 Å². The minimum Gasteiger partial charge on any atom is -0.493 e. The molecule has 4 N–H and O–H groups in total. The Bertz CT molecular complexity index is 410. The standard InChI is InChI=1S/C11H15ClN2O3/c1-16-9-5-7(2-3-13)4-8(12)11(9)17-6-10(14)15/h4-5H,2-3,6,13H2,1H3,(H2,14,15). The van der Waals surface area contributed by atoms with E-state index in [4.69, 9.17) is 32.5 Å². The molecular weight excluding hydrogens is 244 g/mol. The maximum absolute atomic E-state index is 10.6. The van der Waals surface area contributed by atoms with Crippen molar-refractivity contribution in [3.8, 4) is 11.5 Å². The van der Waals surface area contributed by atoms with Gasteiger partial charge in [0.15, 0.2) is 18.1 Å². The van der Waals surface area contributed by atoms with E-state index in [0.717, 1.165) is 5.56 Å². The number of carbonyl (C=O) groups is 1. The van der Waals surface area contributed by atoms with Gasteiger partial charge in [0.1, 0.15) is 0 Å². The Balaban J connectivity index is 2.98. The SMILES string of the molecule is COc1cc(CCN)cc(Cl)c1OCC(N)=O. The highest BCUT2D eigenvalue weighted by Crippen LogP contribution is 2.36. The minimum atomic E-state index is -0.575. The average Bonchev–Trinajstić information content (AvgIpc) is 2.27. The summed E-state index contributed by atoms with van der Waals surface area (Å²) in [6.45, 7) is 0.271. The largest absolute Gasteiger partial charge is 0.493 e. The van der Waals surface area contributed by atoms with Crippen molar-refractivity contribution in [1.29, 1.82) is 0 Å². The molecule has 1 rings (SSSR count). The molecule has 0 radical (unpaired) electrons. The van der Waals surface area contributed by atoms with Crippen LogP contribution in [-0.4, -0.2) is 26.2 Å². The molecule has 0 heterocycles. The van der Waals surface area contributed by atoms with Gasteiger partial charge in [0.25, 0.3) is 5.91 Å². The highest BCUT2D eigenvalue weighted by Gasteiger charge is 2.12. The van der Waals surface area contributed by atoms with Crippen molar-refractivity contribution in [3.05, 3.63) is 22.7 Å². The molecule has 0 saturated heterocycles. The number of hydrogen-bond donors (Lipinski definition) is 2. The summed E-state index contributed by atoms with van der Waals surface area (Å²) in [6, 6.07) is 3.50. The zero-order valence-corrected chi connectivity index (χ0v) is 10.3. The summed E-state index contributed by atoms with van der Waals surface area (Å²) in [4.78, 5) is 10.6. The van der Waals surface area contributed by atoms with Gasteiger partial charge in [-0.3, -0.25) is 4.79 Å². The number of carbonyl (C=O) groups excluding carboxylic acids is 1. The van der Waals surface area contributed by atoms with Crippen molar-refractivity contribution in [3.63, 3.8) is 0 Å². The Morgan fingerprint density at radius 3 is 2.71 bits per heavy atom. The van der Waals surface area contributed by atoms with Crippen molar-refractivity contribution >= 4 is 17.5 Å². The third kappa shape index (κ3) is 3.80. The predicted molar refractivity (Wildman–Crippen MR) is 65.5 cm³/mol. The summed E-state index contributed by atoms with van der Waals surface area (Å²) >= 11 is 6.03. The molecule has 0 aliphatic heterocycles. The molecule has 0 aromatic heterocycles. The fraction of sp³-hybridized carbons (Fsp3) is 0.364. The van der Waals surface area contributed by atoms with Crippen LogP contribution in [0.25, 0.3) is 0 Å². The van der Waals surface area contributed by atoms with Crippen LogP contribution in [0.1, 0.15) is 5.56 Å². The first-order chi connectivity index (χ1) is 8.08. The van der Waals surface area contributed by atoms with E-state index in [2.05, 4.69) is 0 Å². The summed E-state index contributed by atoms with van der Waals surface area (Å²) < 4.78 is 10.3. The molecule has 1 aromatic carbocycles. The van der Waals surface area contributed by atoms with Crippen LogP contribution in [0.4, 0.5) is 0 Å². The molecular formula is C11H15ClN2O3. The Kier molecular flexibility index (Phi) is 5.06. The maximum Gasteiger partial charge on any atom is 0.255 e. The van der Waals surface area contributed by atoms with E-state index >= 15 is 0 Å². The first kappa shape index (κ1) is 13.6. The molecule has 17 heavy (non-hydrogen) atoms. The lowest BCUT2D eigenvalue weighted by Crippen LogP contribution is -2.20. The molecule has 0 spiro atoms. The molecule has 6 heteroatoms. The van der Waals surface area contributed by atoms with Gasteiger partial charge in [-0.05, 0) is 30.7 Å². The molecule has 0 atom stereocenters. The van der Waals surface area contributed by atoms with Crippen LogP contribution in [-0.2, 0) is 11.2 Å². The van der Waals surface area contributed by atoms with Gasteiger partial charge in [0.2, 0.25) is 0 Å². The van der Waals surface area contributed by atoms with Crippen LogP contribution < -0.4 is 20.9 Å². The number of primary amides is 1. The molecule has 94 valence electrons. The van der Waals surface area contributed by atoms with E-state index in [-0.39, 0.29) is 6.61 Å². The van der Waals surface area contributed by atoms with Gasteiger partial charge in [-0.25, -0.2) is 0 Å². The first-order valence-corrected chi connectivity index (χ1v) is 5.43. The lowest BCUT2D eigenvalue weighted by atomic mass is 10.1. The number of halogens is 1. The molecule has 5 nitrogen and oxygen atoms in total. The van der Waals surface area contributed by atoms with Crippen LogP contribution in [0.3, 0.4) is 0 Å². The van der Waals surface area contributed by atoms with E-state index in [0.29, 0.717) is 29.5 Å². The molecule has 0 bridgehead atoms. The van der Waals surface area contributed by atoms with E-state index in [9.17, 15) is 4.79 Å². The van der Waals surface area contributed by atoms with Gasteiger partial charge in [-0.1, -0.05) is 11.6 Å². The van der Waals surface area contributed by atoms with E-state index in [1.165, 1.54) is 7.11 Å². The number of benzene rings is 1. The predicted octanol–water partition coefficient (Wildman–Crippen LogP) is 0.714. The number of rotatable bonds is 6. The summed E-state index contributed by atoms with van der Waals surface area (Å²) in [6.07, 6.45) is 0.687. The second kappa shape index (κ2) is 6.32. The van der Waals surface area contributed by atoms with Gasteiger partial charge in [0, 0.05) is 0 Å². The second-order valence-electron chi connectivity index (χ2n) is 3.40. The van der Waals surface area contributed by atoms with Gasteiger partial charge in [-0.2, -0.15) is 0 Å². The monoisotopic (exact) mass is 258 g/mol. The third-order valence-corrected chi connectivity index (χ3v) is 2.36. The van der Waals surface area contributed by atoms with E-state index < -0.39 is 5.91 Å². The first-order valence-electron chi connectivity index (χ1n) is 5.06. The number of hydrogen-bond acceptors (Lipinski definition) is 4. The highest BCUT2D eigenvalue weighted by atomic mass is 35.5. The zero-order valence-electron chi connectivity index (χ0n) is 9.53. The van der Waals surface area contributed by atoms with Crippen LogP contribution in [0.15, 0.2) is 12.1 Å². The molecule has 0 aliphatic rings. The minimum absolute atomic E-state index is 0.244. The molecule has 0 aliphatic carbocycles. The smallest absolute Gasteiger partial charge is 0.255 e. The number of ether oxygens (including phenoxy) is 2. The maximum atomic E-state index is 10.6. The lowest BCUT2D eigenvalue weighted by molar-refractivity contribution is -0.119. The Morgan fingerprint density at radius 2 is 2.18 bits per heavy atom. The molecule has 1 aromatic rings. The van der Waals surface area contributed by atoms with Crippen molar-refractivity contribution in [2.24, 2.45) is 11.5 Å². The van der Waals surface area contributed by atoms with Crippen LogP contribution in [0.5, 0.6) is 11.5 Å². The zero-order chi connectivity index (χ0) is 12.8. The number of methoxy groups -OCH3 is 1. The fourth-order valence-corrected chi connectivity index (χ4v) is 1.66. The van der Waals surface area contributed by atoms with Crippen molar-refractivity contribution in [2.45, 2.75) is 6.42 Å². The van der Waals surface area contributed by atoms with E-state index in [1.54, 1.807) is 12.1 Å². The van der Waals surface area contributed by atoms with Gasteiger partial charge in [-0.15, -0.1) is 0 Å². The quantitative estimate of drug-likeness (QED) is 0.787. The normalized spacial score (nSPS) is 10.1. The summed E-state index contributed by atoms with van der Waals surface area (Å²) in [5.41, 5.74) is 11.4. The van der Waals surface area contributed by atoms with Crippen molar-refractivity contribution in [1.82, 2.24) is 0 Å².